The van der Waals surface area contributed by atoms with Gasteiger partial charge in [-0.3, -0.25) is 9.59 Å². The lowest BCUT2D eigenvalue weighted by atomic mass is 9.41. The molecule has 0 radical (unpaired) electrons. The van der Waals surface area contributed by atoms with Crippen LogP contribution in [0.3, 0.4) is 0 Å². The second-order valence-electron chi connectivity index (χ2n) is 13.7. The van der Waals surface area contributed by atoms with Crippen molar-refractivity contribution in [3.8, 4) is 0 Å². The summed E-state index contributed by atoms with van der Waals surface area (Å²) >= 11 is 0. The Hall–Kier alpha value is -0.900. The first-order valence-corrected chi connectivity index (χ1v) is 12.8. The highest BCUT2D eigenvalue weighted by atomic mass is 16.6. The number of hydrogen-bond acceptors (Lipinski definition) is 4. The molecule has 0 amide bonds. The minimum Gasteiger partial charge on any atom is -0.459 e. The van der Waals surface area contributed by atoms with E-state index >= 15 is 0 Å². The fourth-order valence-electron chi connectivity index (χ4n) is 11.1. The zero-order valence-corrected chi connectivity index (χ0v) is 20.1. The largest absolute Gasteiger partial charge is 0.459 e. The number of ketones is 1. The summed E-state index contributed by atoms with van der Waals surface area (Å²) in [6.45, 7) is 11.4. The van der Waals surface area contributed by atoms with Crippen molar-refractivity contribution in [3.63, 3.8) is 0 Å². The number of ether oxygens (including phenoxy) is 1. The molecule has 0 aromatic rings. The van der Waals surface area contributed by atoms with Crippen LogP contribution < -0.4 is 0 Å². The first kappa shape index (κ1) is 20.7. The first-order valence-electron chi connectivity index (χ1n) is 12.8. The maximum Gasteiger partial charge on any atom is 0.306 e. The predicted octanol–water partition coefficient (Wildman–Crippen LogP) is 5.06. The van der Waals surface area contributed by atoms with Gasteiger partial charge in [-0.05, 0) is 91.8 Å². The van der Waals surface area contributed by atoms with E-state index in [4.69, 9.17) is 4.74 Å². The van der Waals surface area contributed by atoms with Crippen molar-refractivity contribution >= 4 is 11.8 Å². The smallest absolute Gasteiger partial charge is 0.306 e. The van der Waals surface area contributed by atoms with Crippen molar-refractivity contribution in [2.45, 2.75) is 111 Å². The molecule has 0 bridgehead atoms. The van der Waals surface area contributed by atoms with E-state index in [0.717, 1.165) is 44.9 Å². The number of Topliss-reactive ketones (excluding diaryl/α,β-unsaturated/α-hetero) is 1. The predicted molar refractivity (Wildman–Crippen MR) is 117 cm³/mol. The van der Waals surface area contributed by atoms with E-state index in [-0.39, 0.29) is 44.7 Å². The molecule has 4 heteroatoms. The molecule has 31 heavy (non-hydrogen) atoms. The molecule has 5 saturated carbocycles. The van der Waals surface area contributed by atoms with E-state index < -0.39 is 0 Å². The van der Waals surface area contributed by atoms with Crippen LogP contribution in [0.1, 0.15) is 98.8 Å². The molecular formula is C27H40O4. The number of carbonyl (C=O) groups excluding carboxylic acids is 2. The van der Waals surface area contributed by atoms with E-state index in [2.05, 4.69) is 34.6 Å². The van der Waals surface area contributed by atoms with Crippen molar-refractivity contribution in [2.75, 3.05) is 0 Å². The van der Waals surface area contributed by atoms with Gasteiger partial charge in [-0.25, -0.2) is 0 Å². The lowest BCUT2D eigenvalue weighted by Gasteiger charge is -2.64. The number of carbonyl (C=O) groups is 2. The Bertz CT molecular complexity index is 878. The molecule has 4 nitrogen and oxygen atoms in total. The van der Waals surface area contributed by atoms with Gasteiger partial charge in [0.15, 0.2) is 0 Å². The molecule has 6 fully saturated rings. The number of fused-ring (bicyclic) bond motifs is 2. The summed E-state index contributed by atoms with van der Waals surface area (Å²) in [6, 6.07) is 0. The molecule has 172 valence electrons. The van der Waals surface area contributed by atoms with Crippen molar-refractivity contribution in [3.05, 3.63) is 0 Å². The molecule has 2 spiro atoms. The molecule has 0 aromatic heterocycles. The molecule has 1 saturated heterocycles. The van der Waals surface area contributed by atoms with Crippen molar-refractivity contribution < 1.29 is 19.4 Å². The van der Waals surface area contributed by atoms with Gasteiger partial charge in [0, 0.05) is 24.2 Å². The molecule has 1 aliphatic heterocycles. The maximum absolute atomic E-state index is 12.8. The fourth-order valence-corrected chi connectivity index (χ4v) is 11.1. The van der Waals surface area contributed by atoms with Gasteiger partial charge in [0.1, 0.15) is 11.4 Å². The van der Waals surface area contributed by atoms with E-state index in [1.165, 1.54) is 12.8 Å². The normalized spacial score (nSPS) is 59.3. The topological polar surface area (TPSA) is 63.6 Å². The molecule has 6 rings (SSSR count). The van der Waals surface area contributed by atoms with Gasteiger partial charge in [-0.2, -0.15) is 0 Å². The summed E-state index contributed by atoms with van der Waals surface area (Å²) in [5.74, 6) is 1.37. The number of rotatable bonds is 1. The van der Waals surface area contributed by atoms with E-state index in [1.807, 2.05) is 0 Å². The van der Waals surface area contributed by atoms with Gasteiger partial charge in [-0.15, -0.1) is 0 Å². The van der Waals surface area contributed by atoms with Gasteiger partial charge >= 0.3 is 5.97 Å². The van der Waals surface area contributed by atoms with Gasteiger partial charge < -0.3 is 9.84 Å². The molecule has 1 N–H and O–H groups in total. The van der Waals surface area contributed by atoms with Crippen LogP contribution in [-0.4, -0.2) is 28.6 Å². The van der Waals surface area contributed by atoms with Gasteiger partial charge in [0.2, 0.25) is 0 Å². The summed E-state index contributed by atoms with van der Waals surface area (Å²) in [5.41, 5.74) is -0.0344. The van der Waals surface area contributed by atoms with Crippen LogP contribution in [0, 0.1) is 44.8 Å². The van der Waals surface area contributed by atoms with Crippen LogP contribution in [-0.2, 0) is 14.3 Å². The number of esters is 1. The summed E-state index contributed by atoms with van der Waals surface area (Å²) in [5, 5.41) is 11.7. The molecule has 0 unspecified atom stereocenters. The first-order chi connectivity index (χ1) is 14.4. The number of cyclic esters (lactones) is 1. The lowest BCUT2D eigenvalue weighted by Crippen LogP contribution is -2.62. The highest BCUT2D eigenvalue weighted by molar-refractivity contribution is 5.86. The third kappa shape index (κ3) is 2.09. The lowest BCUT2D eigenvalue weighted by molar-refractivity contribution is -0.200. The summed E-state index contributed by atoms with van der Waals surface area (Å²) in [7, 11) is 0. The zero-order chi connectivity index (χ0) is 22.2. The highest BCUT2D eigenvalue weighted by Gasteiger charge is 2.84. The Balaban J connectivity index is 1.40. The summed E-state index contributed by atoms with van der Waals surface area (Å²) < 4.78 is 5.98. The van der Waals surface area contributed by atoms with Crippen molar-refractivity contribution in [1.82, 2.24) is 0 Å². The Morgan fingerprint density at radius 1 is 0.839 bits per heavy atom. The standard InChI is InChI=1S/C27H40O4/c1-22(2)18-14-16(28)21-24(4)9-6-17(25(5)10-8-20(30)31-25)23(24,3)12-13-27(21)15-26(18,27)11-7-19(22)29/h16-18,21,28H,6-15H2,1-5H3/t16-,17-,18-,21-,23+,24-,25-,26+,27-/m0/s1. The molecule has 0 aromatic carbocycles. The molecule has 9 atom stereocenters. The SMILES string of the molecule is CC1(C)C(=O)CC[C@]23C[C@]24CC[C@]2(C)[C@@H]([C@]5(C)CCC(=O)O5)CC[C@@]2(C)[C@@H]4[C@@H](O)C[C@@H]13. The molecular weight excluding hydrogens is 388 g/mol. The third-order valence-corrected chi connectivity index (χ3v) is 12.7. The summed E-state index contributed by atoms with van der Waals surface area (Å²) in [4.78, 5) is 24.9. The van der Waals surface area contributed by atoms with Crippen LogP contribution in [0.25, 0.3) is 0 Å². The quantitative estimate of drug-likeness (QED) is 0.593. The Labute approximate surface area is 186 Å². The minimum atomic E-state index is -0.350. The Morgan fingerprint density at radius 2 is 1.58 bits per heavy atom. The van der Waals surface area contributed by atoms with Crippen LogP contribution in [0.2, 0.25) is 0 Å². The van der Waals surface area contributed by atoms with Gasteiger partial charge in [-0.1, -0.05) is 27.7 Å². The molecule has 1 heterocycles. The van der Waals surface area contributed by atoms with Crippen molar-refractivity contribution in [1.29, 1.82) is 0 Å². The van der Waals surface area contributed by atoms with E-state index in [1.54, 1.807) is 0 Å². The Kier molecular flexibility index (Phi) is 3.73. The van der Waals surface area contributed by atoms with E-state index in [9.17, 15) is 14.7 Å². The maximum atomic E-state index is 12.8. The average molecular weight is 429 g/mol. The Morgan fingerprint density at radius 3 is 2.26 bits per heavy atom. The second-order valence-corrected chi connectivity index (χ2v) is 13.7. The fraction of sp³-hybridized carbons (Fsp3) is 0.926. The molecule has 6 aliphatic rings. The molecule has 5 aliphatic carbocycles. The van der Waals surface area contributed by atoms with Crippen LogP contribution in [0.5, 0.6) is 0 Å². The van der Waals surface area contributed by atoms with Crippen LogP contribution in [0.4, 0.5) is 0 Å². The van der Waals surface area contributed by atoms with Crippen LogP contribution in [0.15, 0.2) is 0 Å². The number of aliphatic hydroxyl groups is 1. The number of hydrogen-bond donors (Lipinski definition) is 1. The minimum absolute atomic E-state index is 0.0391. The average Bonchev–Trinajstić information content (AvgIpc) is 3.06. The van der Waals surface area contributed by atoms with E-state index in [0.29, 0.717) is 30.0 Å². The zero-order valence-electron chi connectivity index (χ0n) is 20.1. The van der Waals surface area contributed by atoms with Gasteiger partial charge in [0.05, 0.1) is 6.10 Å². The van der Waals surface area contributed by atoms with Gasteiger partial charge in [0.25, 0.3) is 0 Å². The highest BCUT2D eigenvalue weighted by Crippen LogP contribution is 2.89. The monoisotopic (exact) mass is 428 g/mol. The third-order valence-electron chi connectivity index (χ3n) is 12.7. The van der Waals surface area contributed by atoms with Crippen LogP contribution >= 0.6 is 0 Å². The van der Waals surface area contributed by atoms with Crippen molar-refractivity contribution in [2.24, 2.45) is 44.8 Å². The second kappa shape index (κ2) is 5.59. The number of aliphatic hydroxyl groups excluding tert-OH is 1. The summed E-state index contributed by atoms with van der Waals surface area (Å²) in [6.07, 6.45) is 9.35.